The standard InChI is InChI=1S/C13H23NS2/c1-4-6-14-13(10-15-7-5-2)12-8-11(3)16-9-12/h8-9,13-14H,4-7,10H2,1-3H3. The van der Waals surface area contributed by atoms with Crippen molar-refractivity contribution < 1.29 is 0 Å². The van der Waals surface area contributed by atoms with Gasteiger partial charge < -0.3 is 5.32 Å². The van der Waals surface area contributed by atoms with Gasteiger partial charge >= 0.3 is 0 Å². The van der Waals surface area contributed by atoms with Gasteiger partial charge in [0.2, 0.25) is 0 Å². The highest BCUT2D eigenvalue weighted by Crippen LogP contribution is 2.23. The van der Waals surface area contributed by atoms with Gasteiger partial charge in [-0.25, -0.2) is 0 Å². The summed E-state index contributed by atoms with van der Waals surface area (Å²) in [5.41, 5.74) is 1.47. The van der Waals surface area contributed by atoms with Crippen LogP contribution in [0.3, 0.4) is 0 Å². The summed E-state index contributed by atoms with van der Waals surface area (Å²) >= 11 is 3.91. The Morgan fingerprint density at radius 1 is 1.38 bits per heavy atom. The fraction of sp³-hybridized carbons (Fsp3) is 0.692. The van der Waals surface area contributed by atoms with Crippen molar-refractivity contribution in [3.05, 3.63) is 21.9 Å². The molecule has 0 amide bonds. The molecule has 1 unspecified atom stereocenters. The summed E-state index contributed by atoms with van der Waals surface area (Å²) in [4.78, 5) is 1.42. The summed E-state index contributed by atoms with van der Waals surface area (Å²) in [6.07, 6.45) is 2.48. The van der Waals surface area contributed by atoms with Crippen molar-refractivity contribution in [1.29, 1.82) is 0 Å². The van der Waals surface area contributed by atoms with E-state index in [1.165, 1.54) is 34.8 Å². The molecule has 0 saturated heterocycles. The summed E-state index contributed by atoms with van der Waals surface area (Å²) in [5, 5.41) is 5.94. The summed E-state index contributed by atoms with van der Waals surface area (Å²) in [7, 11) is 0. The van der Waals surface area contributed by atoms with Crippen molar-refractivity contribution in [3.8, 4) is 0 Å². The van der Waals surface area contributed by atoms with Crippen LogP contribution in [0.2, 0.25) is 0 Å². The summed E-state index contributed by atoms with van der Waals surface area (Å²) in [5.74, 6) is 2.47. The van der Waals surface area contributed by atoms with Crippen LogP contribution in [0.4, 0.5) is 0 Å². The molecule has 1 heterocycles. The molecular formula is C13H23NS2. The fourth-order valence-corrected chi connectivity index (χ4v) is 3.34. The Kier molecular flexibility index (Phi) is 7.17. The summed E-state index contributed by atoms with van der Waals surface area (Å²) in [6, 6.07) is 2.87. The van der Waals surface area contributed by atoms with Crippen molar-refractivity contribution in [2.24, 2.45) is 0 Å². The largest absolute Gasteiger partial charge is 0.309 e. The maximum Gasteiger partial charge on any atom is 0.0420 e. The van der Waals surface area contributed by atoms with Gasteiger partial charge in [-0.2, -0.15) is 11.8 Å². The summed E-state index contributed by atoms with van der Waals surface area (Å²) in [6.45, 7) is 7.77. The van der Waals surface area contributed by atoms with Gasteiger partial charge in [-0.15, -0.1) is 11.3 Å². The van der Waals surface area contributed by atoms with Crippen LogP contribution in [-0.2, 0) is 0 Å². The zero-order chi connectivity index (χ0) is 11.8. The Morgan fingerprint density at radius 2 is 2.19 bits per heavy atom. The van der Waals surface area contributed by atoms with Gasteiger partial charge in [-0.3, -0.25) is 0 Å². The van der Waals surface area contributed by atoms with E-state index in [0.29, 0.717) is 6.04 Å². The van der Waals surface area contributed by atoms with Crippen molar-refractivity contribution in [3.63, 3.8) is 0 Å². The topological polar surface area (TPSA) is 12.0 Å². The van der Waals surface area contributed by atoms with Gasteiger partial charge in [-0.1, -0.05) is 13.8 Å². The molecule has 0 saturated carbocycles. The van der Waals surface area contributed by atoms with Crippen LogP contribution < -0.4 is 5.32 Å². The first-order valence-corrected chi connectivity index (χ1v) is 8.17. The molecule has 3 heteroatoms. The van der Waals surface area contributed by atoms with E-state index in [1.54, 1.807) is 0 Å². The fourth-order valence-electron chi connectivity index (χ4n) is 1.58. The van der Waals surface area contributed by atoms with E-state index in [0.717, 1.165) is 6.54 Å². The van der Waals surface area contributed by atoms with Gasteiger partial charge in [0.15, 0.2) is 0 Å². The predicted octanol–water partition coefficient (Wildman–Crippen LogP) is 4.24. The molecule has 1 aromatic heterocycles. The molecule has 1 nitrogen and oxygen atoms in total. The quantitative estimate of drug-likeness (QED) is 0.699. The first kappa shape index (κ1) is 14.1. The first-order chi connectivity index (χ1) is 7.77. The third kappa shape index (κ3) is 4.89. The highest BCUT2D eigenvalue weighted by molar-refractivity contribution is 7.99. The lowest BCUT2D eigenvalue weighted by atomic mass is 10.1. The van der Waals surface area contributed by atoms with Gasteiger partial charge in [0.1, 0.15) is 0 Å². The number of rotatable bonds is 8. The number of thiophene rings is 1. The number of aryl methyl sites for hydroxylation is 1. The zero-order valence-corrected chi connectivity index (χ0v) is 12.2. The molecule has 1 N–H and O–H groups in total. The highest BCUT2D eigenvalue weighted by Gasteiger charge is 2.11. The molecule has 1 aromatic rings. The van der Waals surface area contributed by atoms with Gasteiger partial charge in [0, 0.05) is 16.7 Å². The average molecular weight is 257 g/mol. The third-order valence-electron chi connectivity index (χ3n) is 2.43. The Labute approximate surface area is 108 Å². The maximum atomic E-state index is 3.64. The van der Waals surface area contributed by atoms with Crippen molar-refractivity contribution in [2.75, 3.05) is 18.1 Å². The Bertz CT molecular complexity index is 283. The normalized spacial score (nSPS) is 12.9. The number of nitrogens with one attached hydrogen (secondary N) is 1. The monoisotopic (exact) mass is 257 g/mol. The highest BCUT2D eigenvalue weighted by atomic mass is 32.2. The smallest absolute Gasteiger partial charge is 0.0420 e. The second kappa shape index (κ2) is 8.15. The van der Waals surface area contributed by atoms with E-state index in [-0.39, 0.29) is 0 Å². The molecule has 0 bridgehead atoms. The number of hydrogen-bond acceptors (Lipinski definition) is 3. The maximum absolute atomic E-state index is 3.64. The van der Waals surface area contributed by atoms with E-state index in [4.69, 9.17) is 0 Å². The van der Waals surface area contributed by atoms with E-state index in [2.05, 4.69) is 49.3 Å². The third-order valence-corrected chi connectivity index (χ3v) is 4.57. The number of hydrogen-bond donors (Lipinski definition) is 1. The lowest BCUT2D eigenvalue weighted by molar-refractivity contribution is 0.578. The lowest BCUT2D eigenvalue weighted by Crippen LogP contribution is -2.23. The molecule has 92 valence electrons. The molecule has 0 spiro atoms. The van der Waals surface area contributed by atoms with Gasteiger partial charge in [0.05, 0.1) is 0 Å². The molecule has 0 aliphatic carbocycles. The minimum atomic E-state index is 0.543. The van der Waals surface area contributed by atoms with Crippen LogP contribution in [-0.4, -0.2) is 18.1 Å². The molecule has 16 heavy (non-hydrogen) atoms. The van der Waals surface area contributed by atoms with Crippen LogP contribution in [0.1, 0.15) is 43.2 Å². The van der Waals surface area contributed by atoms with Crippen LogP contribution in [0, 0.1) is 6.92 Å². The Morgan fingerprint density at radius 3 is 2.75 bits per heavy atom. The van der Waals surface area contributed by atoms with E-state index in [1.807, 2.05) is 11.3 Å². The van der Waals surface area contributed by atoms with Crippen molar-refractivity contribution in [2.45, 2.75) is 39.7 Å². The molecule has 0 fully saturated rings. The second-order valence-corrected chi connectivity index (χ2v) is 6.34. The van der Waals surface area contributed by atoms with Crippen molar-refractivity contribution >= 4 is 23.1 Å². The predicted molar refractivity (Wildman–Crippen MR) is 77.7 cm³/mol. The van der Waals surface area contributed by atoms with Gasteiger partial charge in [0.25, 0.3) is 0 Å². The van der Waals surface area contributed by atoms with Crippen LogP contribution in [0.5, 0.6) is 0 Å². The molecule has 0 aliphatic rings. The van der Waals surface area contributed by atoms with Gasteiger partial charge in [-0.05, 0) is 49.1 Å². The van der Waals surface area contributed by atoms with Crippen LogP contribution in [0.25, 0.3) is 0 Å². The molecule has 0 aliphatic heterocycles. The second-order valence-electron chi connectivity index (χ2n) is 4.07. The lowest BCUT2D eigenvalue weighted by Gasteiger charge is -2.17. The molecule has 1 atom stereocenters. The first-order valence-electron chi connectivity index (χ1n) is 6.14. The van der Waals surface area contributed by atoms with Crippen molar-refractivity contribution in [1.82, 2.24) is 5.32 Å². The van der Waals surface area contributed by atoms with Crippen LogP contribution >= 0.6 is 23.1 Å². The van der Waals surface area contributed by atoms with E-state index >= 15 is 0 Å². The summed E-state index contributed by atoms with van der Waals surface area (Å²) < 4.78 is 0. The molecular weight excluding hydrogens is 234 g/mol. The minimum absolute atomic E-state index is 0.543. The number of thioether (sulfide) groups is 1. The molecule has 0 radical (unpaired) electrons. The SMILES string of the molecule is CCCNC(CSCCC)c1csc(C)c1. The Balaban J connectivity index is 2.49. The zero-order valence-electron chi connectivity index (χ0n) is 10.6. The minimum Gasteiger partial charge on any atom is -0.309 e. The van der Waals surface area contributed by atoms with E-state index in [9.17, 15) is 0 Å². The van der Waals surface area contributed by atoms with Crippen LogP contribution in [0.15, 0.2) is 11.4 Å². The average Bonchev–Trinajstić information content (AvgIpc) is 2.70. The Hall–Kier alpha value is 0.0100. The van der Waals surface area contributed by atoms with E-state index < -0.39 is 0 Å². The molecule has 1 rings (SSSR count). The molecule has 0 aromatic carbocycles.